The van der Waals surface area contributed by atoms with Gasteiger partial charge in [0.25, 0.3) is 0 Å². The van der Waals surface area contributed by atoms with E-state index >= 15 is 0 Å². The van der Waals surface area contributed by atoms with Gasteiger partial charge in [0.15, 0.2) is 0 Å². The predicted octanol–water partition coefficient (Wildman–Crippen LogP) is 2.84. The Bertz CT molecular complexity index is 286. The zero-order valence-electron chi connectivity index (χ0n) is 10.1. The maximum Gasteiger partial charge on any atom is 0.118 e. The third-order valence-corrected chi connectivity index (χ3v) is 2.88. The van der Waals surface area contributed by atoms with Crippen LogP contribution in [0.15, 0.2) is 24.3 Å². The summed E-state index contributed by atoms with van der Waals surface area (Å²) in [6, 6.07) is 8.26. The number of hydrogen-bond donors (Lipinski definition) is 1. The Hall–Kier alpha value is -0.670. The van der Waals surface area contributed by atoms with Crippen LogP contribution in [-0.2, 0) is 6.54 Å². The van der Waals surface area contributed by atoms with E-state index in [4.69, 9.17) is 4.74 Å². The van der Waals surface area contributed by atoms with Gasteiger partial charge in [0.2, 0.25) is 0 Å². The van der Waals surface area contributed by atoms with Gasteiger partial charge in [-0.25, -0.2) is 0 Å². The van der Waals surface area contributed by atoms with Gasteiger partial charge in [-0.05, 0) is 49.9 Å². The maximum atomic E-state index is 5.13. The first-order chi connectivity index (χ1) is 7.76. The third-order valence-electron chi connectivity index (χ3n) is 2.56. The van der Waals surface area contributed by atoms with E-state index in [0.29, 0.717) is 0 Å². The van der Waals surface area contributed by atoms with Crippen molar-refractivity contribution < 1.29 is 4.74 Å². The molecular formula is C13H21NOS. The molecule has 1 rings (SSSR count). The van der Waals surface area contributed by atoms with Crippen LogP contribution in [0.25, 0.3) is 0 Å². The van der Waals surface area contributed by atoms with Gasteiger partial charge in [-0.2, -0.15) is 12.6 Å². The largest absolute Gasteiger partial charge is 0.497 e. The summed E-state index contributed by atoms with van der Waals surface area (Å²) in [5, 5.41) is 0. The molecule has 16 heavy (non-hydrogen) atoms. The zero-order valence-corrected chi connectivity index (χ0v) is 11.0. The minimum absolute atomic E-state index is 0.918. The van der Waals surface area contributed by atoms with Crippen LogP contribution in [0.5, 0.6) is 5.75 Å². The van der Waals surface area contributed by atoms with Crippen molar-refractivity contribution in [3.8, 4) is 5.75 Å². The highest BCUT2D eigenvalue weighted by molar-refractivity contribution is 7.80. The normalized spacial score (nSPS) is 10.8. The number of benzene rings is 1. The van der Waals surface area contributed by atoms with Crippen molar-refractivity contribution in [3.05, 3.63) is 29.8 Å². The van der Waals surface area contributed by atoms with E-state index in [2.05, 4.69) is 36.7 Å². The number of hydrogen-bond acceptors (Lipinski definition) is 3. The molecule has 0 bridgehead atoms. The lowest BCUT2D eigenvalue weighted by Gasteiger charge is -2.16. The summed E-state index contributed by atoms with van der Waals surface area (Å²) in [6.07, 6.45) is 2.41. The van der Waals surface area contributed by atoms with Gasteiger partial charge >= 0.3 is 0 Å². The average molecular weight is 239 g/mol. The topological polar surface area (TPSA) is 12.5 Å². The molecule has 90 valence electrons. The average Bonchev–Trinajstić information content (AvgIpc) is 2.30. The molecule has 0 amide bonds. The van der Waals surface area contributed by atoms with E-state index in [-0.39, 0.29) is 0 Å². The van der Waals surface area contributed by atoms with Crippen molar-refractivity contribution in [1.29, 1.82) is 0 Å². The second-order valence-corrected chi connectivity index (χ2v) is 4.46. The molecule has 0 aromatic heterocycles. The van der Waals surface area contributed by atoms with Crippen molar-refractivity contribution in [2.24, 2.45) is 0 Å². The van der Waals surface area contributed by atoms with Crippen molar-refractivity contribution >= 4 is 12.6 Å². The SMILES string of the molecule is COc1ccc(CN(C)CCCCS)cc1. The first-order valence-electron chi connectivity index (χ1n) is 5.68. The minimum atomic E-state index is 0.918. The molecule has 0 aliphatic rings. The Kier molecular flexibility index (Phi) is 6.34. The Labute approximate surface area is 104 Å². The van der Waals surface area contributed by atoms with E-state index in [1.165, 1.54) is 18.4 Å². The number of methoxy groups -OCH3 is 1. The third kappa shape index (κ3) is 4.90. The monoisotopic (exact) mass is 239 g/mol. The van der Waals surface area contributed by atoms with Crippen LogP contribution in [0.4, 0.5) is 0 Å². The number of rotatable bonds is 7. The van der Waals surface area contributed by atoms with E-state index < -0.39 is 0 Å². The second kappa shape index (κ2) is 7.58. The highest BCUT2D eigenvalue weighted by Crippen LogP contribution is 2.12. The Balaban J connectivity index is 2.34. The van der Waals surface area contributed by atoms with Gasteiger partial charge in [-0.1, -0.05) is 12.1 Å². The fourth-order valence-electron chi connectivity index (χ4n) is 1.62. The number of unbranched alkanes of at least 4 members (excludes halogenated alkanes) is 1. The highest BCUT2D eigenvalue weighted by atomic mass is 32.1. The fraction of sp³-hybridized carbons (Fsp3) is 0.538. The van der Waals surface area contributed by atoms with Gasteiger partial charge in [-0.15, -0.1) is 0 Å². The minimum Gasteiger partial charge on any atom is -0.497 e. The summed E-state index contributed by atoms with van der Waals surface area (Å²) in [6.45, 7) is 2.13. The quantitative estimate of drug-likeness (QED) is 0.580. The molecule has 0 N–H and O–H groups in total. The second-order valence-electron chi connectivity index (χ2n) is 4.02. The van der Waals surface area contributed by atoms with Gasteiger partial charge in [0, 0.05) is 6.54 Å². The number of thiol groups is 1. The van der Waals surface area contributed by atoms with E-state index in [0.717, 1.165) is 24.6 Å². The molecule has 1 aromatic carbocycles. The molecule has 2 nitrogen and oxygen atoms in total. The van der Waals surface area contributed by atoms with Gasteiger partial charge in [-0.3, -0.25) is 0 Å². The molecule has 0 aliphatic heterocycles. The van der Waals surface area contributed by atoms with Crippen LogP contribution in [-0.4, -0.2) is 31.4 Å². The van der Waals surface area contributed by atoms with Gasteiger partial charge in [0.1, 0.15) is 5.75 Å². The Morgan fingerprint density at radius 3 is 2.44 bits per heavy atom. The molecule has 0 saturated heterocycles. The lowest BCUT2D eigenvalue weighted by molar-refractivity contribution is 0.321. The molecule has 0 fully saturated rings. The summed E-state index contributed by atoms with van der Waals surface area (Å²) in [4.78, 5) is 2.34. The summed E-state index contributed by atoms with van der Waals surface area (Å²) in [5.41, 5.74) is 1.33. The molecule has 0 atom stereocenters. The lowest BCUT2D eigenvalue weighted by atomic mass is 10.2. The number of ether oxygens (including phenoxy) is 1. The Morgan fingerprint density at radius 2 is 1.88 bits per heavy atom. The fourth-order valence-corrected chi connectivity index (χ4v) is 1.84. The molecule has 0 saturated carbocycles. The molecule has 0 spiro atoms. The summed E-state index contributed by atoms with van der Waals surface area (Å²) >= 11 is 4.21. The molecular weight excluding hydrogens is 218 g/mol. The zero-order chi connectivity index (χ0) is 11.8. The summed E-state index contributed by atoms with van der Waals surface area (Å²) < 4.78 is 5.13. The summed E-state index contributed by atoms with van der Waals surface area (Å²) in [7, 11) is 3.85. The van der Waals surface area contributed by atoms with Crippen molar-refractivity contribution in [3.63, 3.8) is 0 Å². The Morgan fingerprint density at radius 1 is 1.19 bits per heavy atom. The van der Waals surface area contributed by atoms with Crippen molar-refractivity contribution in [2.45, 2.75) is 19.4 Å². The van der Waals surface area contributed by atoms with E-state index in [1.807, 2.05) is 12.1 Å². The molecule has 1 aromatic rings. The van der Waals surface area contributed by atoms with E-state index in [1.54, 1.807) is 7.11 Å². The van der Waals surface area contributed by atoms with Crippen LogP contribution in [0, 0.1) is 0 Å². The van der Waals surface area contributed by atoms with Gasteiger partial charge in [0.05, 0.1) is 7.11 Å². The smallest absolute Gasteiger partial charge is 0.118 e. The molecule has 0 unspecified atom stereocenters. The maximum absolute atomic E-state index is 5.13. The number of nitrogens with zero attached hydrogens (tertiary/aromatic N) is 1. The highest BCUT2D eigenvalue weighted by Gasteiger charge is 2.00. The first-order valence-corrected chi connectivity index (χ1v) is 6.32. The van der Waals surface area contributed by atoms with Crippen LogP contribution in [0.3, 0.4) is 0 Å². The van der Waals surface area contributed by atoms with Crippen molar-refractivity contribution in [1.82, 2.24) is 4.90 Å². The van der Waals surface area contributed by atoms with Crippen molar-refractivity contribution in [2.75, 3.05) is 26.5 Å². The van der Waals surface area contributed by atoms with Gasteiger partial charge < -0.3 is 9.64 Å². The molecule has 0 radical (unpaired) electrons. The predicted molar refractivity (Wildman–Crippen MR) is 72.4 cm³/mol. The molecule has 0 heterocycles. The summed E-state index contributed by atoms with van der Waals surface area (Å²) in [5.74, 6) is 1.90. The van der Waals surface area contributed by atoms with Crippen LogP contribution in [0.1, 0.15) is 18.4 Å². The molecule has 3 heteroatoms. The van der Waals surface area contributed by atoms with Crippen LogP contribution < -0.4 is 4.74 Å². The molecule has 0 aliphatic carbocycles. The standard InChI is InChI=1S/C13H21NOS/c1-14(9-3-4-10-16)11-12-5-7-13(15-2)8-6-12/h5-8,16H,3-4,9-11H2,1-2H3. The van der Waals surface area contributed by atoms with Crippen LogP contribution >= 0.6 is 12.6 Å². The van der Waals surface area contributed by atoms with E-state index in [9.17, 15) is 0 Å². The lowest BCUT2D eigenvalue weighted by Crippen LogP contribution is -2.19. The first kappa shape index (κ1) is 13.4. The van der Waals surface area contributed by atoms with Crippen LogP contribution in [0.2, 0.25) is 0 Å².